The number of fused-ring (bicyclic) bond motifs is 1. The van der Waals surface area contributed by atoms with E-state index in [9.17, 15) is 8.42 Å². The first-order valence-electron chi connectivity index (χ1n) is 6.90. The van der Waals surface area contributed by atoms with Gasteiger partial charge in [0.2, 0.25) is 0 Å². The van der Waals surface area contributed by atoms with E-state index in [-0.39, 0.29) is 4.90 Å². The van der Waals surface area contributed by atoms with Gasteiger partial charge in [0.05, 0.1) is 12.8 Å². The van der Waals surface area contributed by atoms with Crippen molar-refractivity contribution in [1.82, 2.24) is 0 Å². The maximum atomic E-state index is 13.1. The number of sulfonamides is 1. The average Bonchev–Trinajstić information content (AvgIpc) is 2.94. The van der Waals surface area contributed by atoms with Gasteiger partial charge in [-0.3, -0.25) is 4.31 Å². The molecule has 1 heterocycles. The Labute approximate surface area is 138 Å². The van der Waals surface area contributed by atoms with E-state index < -0.39 is 10.0 Å². The molecular weight excluding hydrogens is 366 g/mol. The predicted molar refractivity (Wildman–Crippen MR) is 90.1 cm³/mol. The number of hydrogen-bond acceptors (Lipinski definition) is 3. The van der Waals surface area contributed by atoms with Crippen LogP contribution in [-0.2, 0) is 16.4 Å². The molecule has 0 radical (unpaired) electrons. The number of rotatable bonds is 3. The van der Waals surface area contributed by atoms with Gasteiger partial charge >= 0.3 is 0 Å². The van der Waals surface area contributed by atoms with Crippen LogP contribution >= 0.6 is 15.9 Å². The number of nitrogens with zero attached hydrogens (tertiary/aromatic N) is 1. The zero-order valence-electron chi connectivity index (χ0n) is 12.3. The maximum absolute atomic E-state index is 13.1. The summed E-state index contributed by atoms with van der Waals surface area (Å²) in [6.45, 7) is 2.35. The van der Waals surface area contributed by atoms with Gasteiger partial charge in [0.15, 0.2) is 0 Å². The van der Waals surface area contributed by atoms with E-state index in [2.05, 4.69) is 15.9 Å². The first kappa shape index (κ1) is 15.4. The summed E-state index contributed by atoms with van der Waals surface area (Å²) < 4.78 is 33.6. The molecule has 0 atom stereocenters. The first-order chi connectivity index (χ1) is 10.4. The van der Waals surface area contributed by atoms with Crippen LogP contribution in [0.1, 0.15) is 11.1 Å². The highest BCUT2D eigenvalue weighted by atomic mass is 79.9. The van der Waals surface area contributed by atoms with Crippen molar-refractivity contribution in [3.8, 4) is 5.75 Å². The minimum absolute atomic E-state index is 0.184. The fourth-order valence-electron chi connectivity index (χ4n) is 2.67. The van der Waals surface area contributed by atoms with Gasteiger partial charge < -0.3 is 4.74 Å². The summed E-state index contributed by atoms with van der Waals surface area (Å²) >= 11 is 3.40. The van der Waals surface area contributed by atoms with E-state index in [0.717, 1.165) is 27.7 Å². The zero-order valence-corrected chi connectivity index (χ0v) is 14.7. The third-order valence-electron chi connectivity index (χ3n) is 3.86. The van der Waals surface area contributed by atoms with E-state index in [0.29, 0.717) is 12.3 Å². The van der Waals surface area contributed by atoms with Crippen molar-refractivity contribution in [2.45, 2.75) is 18.2 Å². The largest absolute Gasteiger partial charge is 0.495 e. The van der Waals surface area contributed by atoms with Crippen LogP contribution < -0.4 is 9.04 Å². The Morgan fingerprint density at radius 3 is 2.68 bits per heavy atom. The molecule has 0 amide bonds. The van der Waals surface area contributed by atoms with Crippen molar-refractivity contribution < 1.29 is 13.2 Å². The number of benzene rings is 2. The van der Waals surface area contributed by atoms with E-state index in [1.807, 2.05) is 31.2 Å². The zero-order chi connectivity index (χ0) is 15.9. The standard InChI is InChI=1S/C16H16BrNO3S/c1-11-9-15(21-2)16(10-13(11)17)22(19,20)18-8-7-12-5-3-4-6-14(12)18/h3-6,9-10H,7-8H2,1-2H3. The molecule has 0 bridgehead atoms. The molecule has 3 rings (SSSR count). The van der Waals surface area contributed by atoms with E-state index in [1.54, 1.807) is 12.1 Å². The maximum Gasteiger partial charge on any atom is 0.268 e. The molecule has 1 aliphatic rings. The lowest BCUT2D eigenvalue weighted by Crippen LogP contribution is -2.29. The molecule has 22 heavy (non-hydrogen) atoms. The number of methoxy groups -OCH3 is 1. The second-order valence-electron chi connectivity index (χ2n) is 5.21. The summed E-state index contributed by atoms with van der Waals surface area (Å²) in [6, 6.07) is 10.9. The second-order valence-corrected chi connectivity index (χ2v) is 7.89. The average molecular weight is 382 g/mol. The lowest BCUT2D eigenvalue weighted by molar-refractivity contribution is 0.402. The molecule has 0 spiro atoms. The van der Waals surface area contributed by atoms with Gasteiger partial charge in [0.1, 0.15) is 10.6 Å². The Bertz CT molecular complexity index is 833. The number of para-hydroxylation sites is 1. The van der Waals surface area contributed by atoms with Gasteiger partial charge in [-0.05, 0) is 42.7 Å². The summed E-state index contributed by atoms with van der Waals surface area (Å²) in [6.07, 6.45) is 0.727. The molecular formula is C16H16BrNO3S. The van der Waals surface area contributed by atoms with Gasteiger partial charge in [0.25, 0.3) is 10.0 Å². The molecule has 1 aliphatic heterocycles. The summed E-state index contributed by atoms with van der Waals surface area (Å²) in [5.74, 6) is 0.366. The van der Waals surface area contributed by atoms with Crippen molar-refractivity contribution >= 4 is 31.6 Å². The highest BCUT2D eigenvalue weighted by Gasteiger charge is 2.33. The van der Waals surface area contributed by atoms with Gasteiger partial charge in [-0.15, -0.1) is 0 Å². The van der Waals surface area contributed by atoms with Crippen LogP contribution in [0.4, 0.5) is 5.69 Å². The molecule has 6 heteroatoms. The van der Waals surface area contributed by atoms with Crippen LogP contribution in [0.3, 0.4) is 0 Å². The van der Waals surface area contributed by atoms with Gasteiger partial charge in [-0.1, -0.05) is 34.1 Å². The Morgan fingerprint density at radius 1 is 1.23 bits per heavy atom. The molecule has 0 aromatic heterocycles. The molecule has 116 valence electrons. The SMILES string of the molecule is COc1cc(C)c(Br)cc1S(=O)(=O)N1CCc2ccccc21. The number of anilines is 1. The first-order valence-corrected chi connectivity index (χ1v) is 9.13. The topological polar surface area (TPSA) is 46.6 Å². The fraction of sp³-hybridized carbons (Fsp3) is 0.250. The van der Waals surface area contributed by atoms with E-state index >= 15 is 0 Å². The number of ether oxygens (including phenoxy) is 1. The third kappa shape index (κ3) is 2.40. The van der Waals surface area contributed by atoms with Crippen molar-refractivity contribution in [3.63, 3.8) is 0 Å². The summed E-state index contributed by atoms with van der Waals surface area (Å²) in [4.78, 5) is 0.184. The van der Waals surface area contributed by atoms with Crippen LogP contribution in [0.15, 0.2) is 45.8 Å². The lowest BCUT2D eigenvalue weighted by atomic mass is 10.2. The monoisotopic (exact) mass is 381 g/mol. The Morgan fingerprint density at radius 2 is 1.95 bits per heavy atom. The number of aryl methyl sites for hydroxylation is 1. The molecule has 0 aliphatic carbocycles. The molecule has 0 unspecified atom stereocenters. The minimum Gasteiger partial charge on any atom is -0.495 e. The van der Waals surface area contributed by atoms with Gasteiger partial charge in [-0.25, -0.2) is 8.42 Å². The van der Waals surface area contributed by atoms with Crippen molar-refractivity contribution in [1.29, 1.82) is 0 Å². The molecule has 0 N–H and O–H groups in total. The van der Waals surface area contributed by atoms with Crippen LogP contribution in [0.25, 0.3) is 0 Å². The van der Waals surface area contributed by atoms with Crippen molar-refractivity contribution in [2.75, 3.05) is 18.0 Å². The number of hydrogen-bond donors (Lipinski definition) is 0. The number of halogens is 1. The van der Waals surface area contributed by atoms with Gasteiger partial charge in [0, 0.05) is 11.0 Å². The quantitative estimate of drug-likeness (QED) is 0.816. The third-order valence-corrected chi connectivity index (χ3v) is 6.55. The molecule has 0 fully saturated rings. The van der Waals surface area contributed by atoms with Crippen molar-refractivity contribution in [3.05, 3.63) is 52.0 Å². The summed E-state index contributed by atoms with van der Waals surface area (Å²) in [5.41, 5.74) is 2.73. The minimum atomic E-state index is -3.66. The summed E-state index contributed by atoms with van der Waals surface area (Å²) in [7, 11) is -2.17. The molecule has 2 aromatic carbocycles. The van der Waals surface area contributed by atoms with Gasteiger partial charge in [-0.2, -0.15) is 0 Å². The molecule has 2 aromatic rings. The summed E-state index contributed by atoms with van der Waals surface area (Å²) in [5, 5.41) is 0. The Hall–Kier alpha value is -1.53. The highest BCUT2D eigenvalue weighted by molar-refractivity contribution is 9.10. The second kappa shape index (κ2) is 5.59. The molecule has 4 nitrogen and oxygen atoms in total. The highest BCUT2D eigenvalue weighted by Crippen LogP contribution is 2.37. The van der Waals surface area contributed by atoms with E-state index in [4.69, 9.17) is 4.74 Å². The predicted octanol–water partition coefficient (Wildman–Crippen LogP) is 3.52. The fourth-order valence-corrected chi connectivity index (χ4v) is 4.84. The van der Waals surface area contributed by atoms with E-state index in [1.165, 1.54) is 11.4 Å². The Kier molecular flexibility index (Phi) is 3.91. The van der Waals surface area contributed by atoms with Crippen LogP contribution in [0.5, 0.6) is 5.75 Å². The Balaban J connectivity index is 2.14. The molecule has 0 saturated carbocycles. The van der Waals surface area contributed by atoms with Crippen LogP contribution in [0, 0.1) is 6.92 Å². The smallest absolute Gasteiger partial charge is 0.268 e. The normalized spacial score (nSPS) is 14.0. The van der Waals surface area contributed by atoms with Crippen molar-refractivity contribution in [2.24, 2.45) is 0 Å². The van der Waals surface area contributed by atoms with Crippen LogP contribution in [0.2, 0.25) is 0 Å². The van der Waals surface area contributed by atoms with Crippen LogP contribution in [-0.4, -0.2) is 22.1 Å². The lowest BCUT2D eigenvalue weighted by Gasteiger charge is -2.21. The molecule has 0 saturated heterocycles.